The lowest BCUT2D eigenvalue weighted by Crippen LogP contribution is -2.17. The normalized spacial score (nSPS) is 11.1. The number of nitrogens with one attached hydrogen (secondary N) is 2. The fourth-order valence-corrected chi connectivity index (χ4v) is 2.13. The van der Waals surface area contributed by atoms with Gasteiger partial charge in [0.15, 0.2) is 11.6 Å². The average molecular weight is 389 g/mol. The van der Waals surface area contributed by atoms with E-state index < -0.39 is 39.9 Å². The van der Waals surface area contributed by atoms with Crippen molar-refractivity contribution in [2.24, 2.45) is 0 Å². The molecular formula is C16H12F5N3O3. The molecule has 0 aliphatic heterocycles. The Bertz CT molecular complexity index is 871. The third-order valence-corrected chi connectivity index (χ3v) is 3.41. The second-order valence-corrected chi connectivity index (χ2v) is 5.31. The molecule has 2 aromatic rings. The van der Waals surface area contributed by atoms with Gasteiger partial charge in [-0.2, -0.15) is 13.2 Å². The molecule has 0 spiro atoms. The van der Waals surface area contributed by atoms with Gasteiger partial charge in [-0.3, -0.25) is 14.9 Å². The van der Waals surface area contributed by atoms with Crippen LogP contribution in [0.1, 0.15) is 12.0 Å². The number of carbonyl (C=O) groups excluding carboxylic acids is 1. The predicted octanol–water partition coefficient (Wildman–Crippen LogP) is 4.33. The van der Waals surface area contributed by atoms with E-state index in [4.69, 9.17) is 0 Å². The van der Waals surface area contributed by atoms with Crippen molar-refractivity contribution in [3.05, 3.63) is 63.7 Å². The van der Waals surface area contributed by atoms with Crippen LogP contribution in [0.5, 0.6) is 0 Å². The predicted molar refractivity (Wildman–Crippen MR) is 86.2 cm³/mol. The third kappa shape index (κ3) is 5.12. The molecule has 11 heteroatoms. The van der Waals surface area contributed by atoms with Crippen LogP contribution in [0.25, 0.3) is 0 Å². The van der Waals surface area contributed by atoms with Crippen LogP contribution in [-0.4, -0.2) is 17.4 Å². The Morgan fingerprint density at radius 3 is 2.44 bits per heavy atom. The highest BCUT2D eigenvalue weighted by Crippen LogP contribution is 2.34. The van der Waals surface area contributed by atoms with E-state index in [9.17, 15) is 36.9 Å². The summed E-state index contributed by atoms with van der Waals surface area (Å²) < 4.78 is 64.4. The Labute approximate surface area is 149 Å². The Kier molecular flexibility index (Phi) is 5.93. The van der Waals surface area contributed by atoms with Gasteiger partial charge >= 0.3 is 6.18 Å². The quantitative estimate of drug-likeness (QED) is 0.438. The molecule has 0 fully saturated rings. The summed E-state index contributed by atoms with van der Waals surface area (Å²) in [6.45, 7) is -0.186. The molecule has 2 aromatic carbocycles. The highest BCUT2D eigenvalue weighted by Gasteiger charge is 2.33. The van der Waals surface area contributed by atoms with Crippen molar-refractivity contribution in [3.8, 4) is 0 Å². The number of nitro benzene ring substituents is 1. The molecule has 0 aromatic heterocycles. The molecule has 0 saturated carbocycles. The molecule has 0 radical (unpaired) electrons. The largest absolute Gasteiger partial charge is 0.416 e. The summed E-state index contributed by atoms with van der Waals surface area (Å²) >= 11 is 0. The molecule has 0 heterocycles. The van der Waals surface area contributed by atoms with E-state index in [0.29, 0.717) is 12.1 Å². The van der Waals surface area contributed by atoms with E-state index in [1.54, 1.807) is 0 Å². The second-order valence-electron chi connectivity index (χ2n) is 5.31. The van der Waals surface area contributed by atoms with Gasteiger partial charge < -0.3 is 10.6 Å². The second kappa shape index (κ2) is 7.98. The van der Waals surface area contributed by atoms with Crippen LogP contribution in [0.2, 0.25) is 0 Å². The SMILES string of the molecule is O=C(CCNc1ccc(C(F)(F)F)cc1[N+](=O)[O-])Nc1cccc(F)c1F. The van der Waals surface area contributed by atoms with Crippen molar-refractivity contribution >= 4 is 23.0 Å². The molecule has 0 atom stereocenters. The number of alkyl halides is 3. The Hall–Kier alpha value is -3.24. The molecule has 27 heavy (non-hydrogen) atoms. The first-order valence-corrected chi connectivity index (χ1v) is 7.43. The number of nitro groups is 1. The number of hydrogen-bond donors (Lipinski definition) is 2. The number of halogens is 5. The minimum absolute atomic E-state index is 0.186. The number of hydrogen-bond acceptors (Lipinski definition) is 4. The zero-order valence-electron chi connectivity index (χ0n) is 13.4. The third-order valence-electron chi connectivity index (χ3n) is 3.41. The van der Waals surface area contributed by atoms with Gasteiger partial charge in [0, 0.05) is 19.0 Å². The van der Waals surface area contributed by atoms with Crippen molar-refractivity contribution in [1.82, 2.24) is 0 Å². The lowest BCUT2D eigenvalue weighted by Gasteiger charge is -2.11. The summed E-state index contributed by atoms with van der Waals surface area (Å²) in [5.41, 5.74) is -2.57. The molecule has 0 aliphatic carbocycles. The van der Waals surface area contributed by atoms with Crippen molar-refractivity contribution < 1.29 is 31.7 Å². The molecule has 1 amide bonds. The lowest BCUT2D eigenvalue weighted by atomic mass is 10.1. The average Bonchev–Trinajstić information content (AvgIpc) is 2.58. The molecule has 0 bridgehead atoms. The first kappa shape index (κ1) is 20.1. The Morgan fingerprint density at radius 1 is 1.11 bits per heavy atom. The molecule has 0 saturated heterocycles. The molecule has 144 valence electrons. The van der Waals surface area contributed by atoms with Crippen LogP contribution in [0.3, 0.4) is 0 Å². The maximum atomic E-state index is 13.5. The summed E-state index contributed by atoms with van der Waals surface area (Å²) in [6.07, 6.45) is -5.04. The number of carbonyl (C=O) groups is 1. The van der Waals surface area contributed by atoms with E-state index >= 15 is 0 Å². The smallest absolute Gasteiger partial charge is 0.379 e. The number of nitrogens with zero attached hydrogens (tertiary/aromatic N) is 1. The number of amides is 1. The molecule has 2 N–H and O–H groups in total. The summed E-state index contributed by atoms with van der Waals surface area (Å²) in [6, 6.07) is 5.13. The monoisotopic (exact) mass is 389 g/mol. The van der Waals surface area contributed by atoms with Gasteiger partial charge in [-0.05, 0) is 24.3 Å². The number of benzene rings is 2. The van der Waals surface area contributed by atoms with E-state index in [-0.39, 0.29) is 24.3 Å². The molecule has 2 rings (SSSR count). The highest BCUT2D eigenvalue weighted by molar-refractivity contribution is 5.91. The summed E-state index contributed by atoms with van der Waals surface area (Å²) in [4.78, 5) is 21.7. The van der Waals surface area contributed by atoms with Crippen LogP contribution in [0.4, 0.5) is 39.0 Å². The Morgan fingerprint density at radius 2 is 1.81 bits per heavy atom. The number of anilines is 2. The maximum absolute atomic E-state index is 13.5. The van der Waals surface area contributed by atoms with Crippen molar-refractivity contribution in [1.29, 1.82) is 0 Å². The van der Waals surface area contributed by atoms with Crippen LogP contribution in [0.15, 0.2) is 36.4 Å². The van der Waals surface area contributed by atoms with E-state index in [0.717, 1.165) is 18.2 Å². The van der Waals surface area contributed by atoms with E-state index in [2.05, 4.69) is 10.6 Å². The van der Waals surface area contributed by atoms with Crippen LogP contribution in [0, 0.1) is 21.7 Å². The standard InChI is InChI=1S/C16H12F5N3O3/c17-10-2-1-3-12(15(10)18)23-14(25)6-7-22-11-5-4-9(16(19,20)21)8-13(11)24(26)27/h1-5,8,22H,6-7H2,(H,23,25). The van der Waals surface area contributed by atoms with Crippen LogP contribution >= 0.6 is 0 Å². The minimum atomic E-state index is -4.74. The maximum Gasteiger partial charge on any atom is 0.416 e. The van der Waals surface area contributed by atoms with Crippen molar-refractivity contribution in [2.75, 3.05) is 17.2 Å². The van der Waals surface area contributed by atoms with Gasteiger partial charge in [0.1, 0.15) is 5.69 Å². The minimum Gasteiger partial charge on any atom is -0.379 e. The van der Waals surface area contributed by atoms with Crippen LogP contribution < -0.4 is 10.6 Å². The van der Waals surface area contributed by atoms with Gasteiger partial charge in [0.25, 0.3) is 5.69 Å². The highest BCUT2D eigenvalue weighted by atomic mass is 19.4. The van der Waals surface area contributed by atoms with Gasteiger partial charge in [0.05, 0.1) is 16.2 Å². The van der Waals surface area contributed by atoms with Crippen LogP contribution in [-0.2, 0) is 11.0 Å². The summed E-state index contributed by atoms with van der Waals surface area (Å²) in [5, 5.41) is 15.6. The molecule has 0 aliphatic rings. The van der Waals surface area contributed by atoms with E-state index in [1.165, 1.54) is 6.07 Å². The fraction of sp³-hybridized carbons (Fsp3) is 0.188. The first-order chi connectivity index (χ1) is 12.6. The molecule has 6 nitrogen and oxygen atoms in total. The molecular weight excluding hydrogens is 377 g/mol. The van der Waals surface area contributed by atoms with Gasteiger partial charge in [-0.25, -0.2) is 8.78 Å². The topological polar surface area (TPSA) is 84.3 Å². The van der Waals surface area contributed by atoms with Crippen molar-refractivity contribution in [2.45, 2.75) is 12.6 Å². The van der Waals surface area contributed by atoms with Gasteiger partial charge in [-0.15, -0.1) is 0 Å². The van der Waals surface area contributed by atoms with Gasteiger partial charge in [0.2, 0.25) is 5.91 Å². The van der Waals surface area contributed by atoms with E-state index in [1.807, 2.05) is 0 Å². The zero-order chi connectivity index (χ0) is 20.2. The lowest BCUT2D eigenvalue weighted by molar-refractivity contribution is -0.384. The first-order valence-electron chi connectivity index (χ1n) is 7.43. The number of rotatable bonds is 6. The molecule has 0 unspecified atom stereocenters. The van der Waals surface area contributed by atoms with Gasteiger partial charge in [-0.1, -0.05) is 6.07 Å². The summed E-state index contributed by atoms with van der Waals surface area (Å²) in [5.74, 6) is -3.11. The fourth-order valence-electron chi connectivity index (χ4n) is 2.13. The van der Waals surface area contributed by atoms with Crippen molar-refractivity contribution in [3.63, 3.8) is 0 Å². The summed E-state index contributed by atoms with van der Waals surface area (Å²) in [7, 11) is 0. The zero-order valence-corrected chi connectivity index (χ0v) is 13.4. The Balaban J connectivity index is 2.01.